The first-order valence-electron chi connectivity index (χ1n) is 13.8. The van der Waals surface area contributed by atoms with Crippen molar-refractivity contribution in [1.82, 2.24) is 20.2 Å². The van der Waals surface area contributed by atoms with E-state index in [0.29, 0.717) is 6.54 Å². The molecule has 1 heterocycles. The molecule has 222 valence electrons. The van der Waals surface area contributed by atoms with Gasteiger partial charge in [0.05, 0.1) is 6.33 Å². The van der Waals surface area contributed by atoms with Crippen molar-refractivity contribution in [2.75, 3.05) is 18.8 Å². The van der Waals surface area contributed by atoms with Crippen molar-refractivity contribution in [3.05, 3.63) is 112 Å². The molecule has 0 saturated heterocycles. The zero-order chi connectivity index (χ0) is 30.8. The minimum Gasteiger partial charge on any atom is -0.392 e. The zero-order valence-electron chi connectivity index (χ0n) is 25.0. The molecule has 0 radical (unpaired) electrons. The Bertz CT molecular complexity index is 1320. The van der Waals surface area contributed by atoms with Gasteiger partial charge in [-0.15, -0.1) is 9.24 Å². The Kier molecular flexibility index (Phi) is 16.8. The predicted octanol–water partition coefficient (Wildman–Crippen LogP) is 5.44. The maximum absolute atomic E-state index is 12.5. The van der Waals surface area contributed by atoms with Crippen molar-refractivity contribution < 1.29 is 9.18 Å². The highest BCUT2D eigenvalue weighted by Crippen LogP contribution is 2.16. The van der Waals surface area contributed by atoms with Gasteiger partial charge in [-0.1, -0.05) is 80.1 Å². The molecule has 1 atom stereocenters. The summed E-state index contributed by atoms with van der Waals surface area (Å²) in [5.41, 5.74) is 9.90. The van der Waals surface area contributed by atoms with E-state index in [1.165, 1.54) is 48.0 Å². The van der Waals surface area contributed by atoms with Crippen molar-refractivity contribution in [3.63, 3.8) is 0 Å². The van der Waals surface area contributed by atoms with Gasteiger partial charge in [-0.25, -0.2) is 9.37 Å². The molecular weight excluding hydrogens is 536 g/mol. The van der Waals surface area contributed by atoms with Gasteiger partial charge in [0.1, 0.15) is 11.5 Å². The van der Waals surface area contributed by atoms with Gasteiger partial charge in [0.15, 0.2) is 5.69 Å². The number of nitrogen functional groups attached to an aromatic ring is 1. The molecule has 7 nitrogen and oxygen atoms in total. The molecule has 0 spiro atoms. The number of aromatic nitrogens is 2. The van der Waals surface area contributed by atoms with E-state index in [2.05, 4.69) is 50.5 Å². The Hall–Kier alpha value is -3.61. The van der Waals surface area contributed by atoms with Crippen LogP contribution in [0.25, 0.3) is 0 Å². The summed E-state index contributed by atoms with van der Waals surface area (Å²) in [4.78, 5) is 27.5. The summed E-state index contributed by atoms with van der Waals surface area (Å²) in [6, 6.07) is 7.67. The van der Waals surface area contributed by atoms with Crippen LogP contribution in [0.5, 0.6) is 0 Å². The van der Waals surface area contributed by atoms with Crippen molar-refractivity contribution >= 4 is 26.1 Å². The van der Waals surface area contributed by atoms with Crippen molar-refractivity contribution in [2.45, 2.75) is 53.5 Å². The van der Waals surface area contributed by atoms with Gasteiger partial charge in [0, 0.05) is 26.7 Å². The number of hydrogen-bond donors (Lipinski definition) is 3. The van der Waals surface area contributed by atoms with Crippen LogP contribution in [0.3, 0.4) is 0 Å². The molecule has 1 aromatic heterocycles. The third-order valence-corrected chi connectivity index (χ3v) is 6.40. The number of carbonyl (C=O) groups excluding carboxylic acids is 1. The Morgan fingerprint density at radius 2 is 1.85 bits per heavy atom. The number of aryl methyl sites for hydroxylation is 1. The molecule has 1 aliphatic carbocycles. The van der Waals surface area contributed by atoms with Gasteiger partial charge in [0.2, 0.25) is 0 Å². The first-order chi connectivity index (χ1) is 19.6. The normalized spacial score (nSPS) is 13.1. The molecule has 1 aromatic carbocycles. The fraction of sp³-hybridized carbons (Fsp3) is 0.344. The largest absolute Gasteiger partial charge is 0.392 e. The number of nitrogens with zero attached hydrogens (tertiary/aromatic N) is 2. The Morgan fingerprint density at radius 1 is 1.17 bits per heavy atom. The third-order valence-electron chi connectivity index (χ3n) is 6.02. The molecule has 2 aromatic rings. The van der Waals surface area contributed by atoms with Gasteiger partial charge >= 0.3 is 0 Å². The second-order valence-electron chi connectivity index (χ2n) is 9.29. The van der Waals surface area contributed by atoms with Crippen molar-refractivity contribution in [2.24, 2.45) is 7.05 Å². The maximum Gasteiger partial charge on any atom is 0.277 e. The topological polar surface area (TPSA) is 102 Å². The zero-order valence-corrected chi connectivity index (χ0v) is 26.1. The SMILES string of the molecule is C=C(F)/C=C\C(=C/C)CNCC1=CC=C(C)CCC1.CC.Cn1cnc(C(=O)NCc2ccc(P)cc2)c(N)c1=O. The molecule has 0 bridgehead atoms. The monoisotopic (exact) mass is 581 g/mol. The van der Waals surface area contributed by atoms with Crippen LogP contribution in [0.2, 0.25) is 0 Å². The molecular formula is C32H45FN5O2P. The second-order valence-corrected chi connectivity index (χ2v) is 9.95. The molecule has 4 N–H and O–H groups in total. The molecule has 41 heavy (non-hydrogen) atoms. The van der Waals surface area contributed by atoms with E-state index in [1.54, 1.807) is 6.08 Å². The van der Waals surface area contributed by atoms with E-state index in [9.17, 15) is 14.0 Å². The van der Waals surface area contributed by atoms with Crippen LogP contribution in [0.15, 0.2) is 94.9 Å². The summed E-state index contributed by atoms with van der Waals surface area (Å²) >= 11 is 0. The number of amides is 1. The highest BCUT2D eigenvalue weighted by atomic mass is 31.0. The predicted molar refractivity (Wildman–Crippen MR) is 174 cm³/mol. The number of benzene rings is 1. The smallest absolute Gasteiger partial charge is 0.277 e. The Balaban J connectivity index is 0.000000387. The summed E-state index contributed by atoms with van der Waals surface area (Å²) < 4.78 is 13.8. The van der Waals surface area contributed by atoms with Crippen LogP contribution in [-0.4, -0.2) is 28.5 Å². The third kappa shape index (κ3) is 13.5. The standard InChI is InChI=1S/C17H24FN.C13H15N4O2P.C2H6/c1-4-16(11-9-15(3)18)12-19-13-17-7-5-6-14(2)8-10-17;1-17-7-16-11(10(14)13(17)19)12(18)15-6-8-2-4-9(20)5-3-8;1-2/h4,8-11,19H,3,5-7,12-13H2,1-2H3;2-5,7H,6,14,20H2,1H3,(H,15,18);1-2H3/b11-9-,16-4+;;. The van der Waals surface area contributed by atoms with Crippen LogP contribution in [0.4, 0.5) is 10.1 Å². The van der Waals surface area contributed by atoms with E-state index < -0.39 is 17.3 Å². The van der Waals surface area contributed by atoms with E-state index in [1.807, 2.05) is 51.1 Å². The van der Waals surface area contributed by atoms with Crippen LogP contribution < -0.4 is 27.2 Å². The molecule has 1 aliphatic rings. The van der Waals surface area contributed by atoms with E-state index >= 15 is 0 Å². The molecule has 0 aliphatic heterocycles. The van der Waals surface area contributed by atoms with Gasteiger partial charge < -0.3 is 20.9 Å². The van der Waals surface area contributed by atoms with Gasteiger partial charge in [0.25, 0.3) is 11.5 Å². The number of hydrogen-bond acceptors (Lipinski definition) is 5. The maximum atomic E-state index is 12.5. The average Bonchev–Trinajstić information content (AvgIpc) is 3.18. The molecule has 1 amide bonds. The Morgan fingerprint density at radius 3 is 2.49 bits per heavy atom. The lowest BCUT2D eigenvalue weighted by atomic mass is 10.1. The van der Waals surface area contributed by atoms with Gasteiger partial charge in [-0.05, 0) is 55.6 Å². The fourth-order valence-electron chi connectivity index (χ4n) is 3.63. The van der Waals surface area contributed by atoms with Crippen LogP contribution in [0, 0.1) is 0 Å². The molecule has 0 fully saturated rings. The van der Waals surface area contributed by atoms with Crippen LogP contribution in [0.1, 0.15) is 63.0 Å². The number of rotatable bonds is 9. The minimum absolute atomic E-state index is 0.0456. The number of carbonyl (C=O) groups is 1. The lowest BCUT2D eigenvalue weighted by Crippen LogP contribution is -2.30. The second kappa shape index (κ2) is 19.5. The first-order valence-corrected chi connectivity index (χ1v) is 14.4. The van der Waals surface area contributed by atoms with Crippen LogP contribution in [-0.2, 0) is 13.6 Å². The lowest BCUT2D eigenvalue weighted by Gasteiger charge is -2.08. The number of halogens is 1. The first kappa shape index (κ1) is 35.4. The fourth-order valence-corrected chi connectivity index (χ4v) is 3.82. The highest BCUT2D eigenvalue weighted by molar-refractivity contribution is 7.27. The highest BCUT2D eigenvalue weighted by Gasteiger charge is 2.14. The quantitative estimate of drug-likeness (QED) is 0.271. The van der Waals surface area contributed by atoms with Crippen molar-refractivity contribution in [1.29, 1.82) is 0 Å². The number of allylic oxidation sites excluding steroid dienone is 6. The molecule has 1 unspecified atom stereocenters. The molecule has 9 heteroatoms. The summed E-state index contributed by atoms with van der Waals surface area (Å²) in [5.74, 6) is -0.874. The molecule has 3 rings (SSSR count). The Labute approximate surface area is 246 Å². The number of anilines is 1. The van der Waals surface area contributed by atoms with Gasteiger partial charge in [-0.3, -0.25) is 9.59 Å². The van der Waals surface area contributed by atoms with Crippen LogP contribution >= 0.6 is 9.24 Å². The number of nitrogens with one attached hydrogen (secondary N) is 2. The average molecular weight is 582 g/mol. The lowest BCUT2D eigenvalue weighted by molar-refractivity contribution is 0.0946. The van der Waals surface area contributed by atoms with Gasteiger partial charge in [-0.2, -0.15) is 0 Å². The molecule has 0 saturated carbocycles. The summed E-state index contributed by atoms with van der Waals surface area (Å²) in [6.45, 7) is 13.3. The minimum atomic E-state index is -0.463. The van der Waals surface area contributed by atoms with E-state index in [0.717, 1.165) is 36.0 Å². The van der Waals surface area contributed by atoms with E-state index in [-0.39, 0.29) is 11.4 Å². The summed E-state index contributed by atoms with van der Waals surface area (Å²) in [7, 11) is 4.12. The summed E-state index contributed by atoms with van der Waals surface area (Å²) in [6.07, 6.45) is 14.4. The van der Waals surface area contributed by atoms with E-state index in [4.69, 9.17) is 5.73 Å². The van der Waals surface area contributed by atoms with Crippen molar-refractivity contribution in [3.8, 4) is 0 Å². The summed E-state index contributed by atoms with van der Waals surface area (Å²) in [5, 5.41) is 7.16. The number of nitrogens with two attached hydrogens (primary N) is 1.